The molecule has 1 heterocycles. The topological polar surface area (TPSA) is 127 Å². The summed E-state index contributed by atoms with van der Waals surface area (Å²) in [5, 5.41) is 28.4. The Bertz CT molecular complexity index is 1290. The maximum absolute atomic E-state index is 14.0. The fourth-order valence-corrected chi connectivity index (χ4v) is 11.6. The van der Waals surface area contributed by atoms with Gasteiger partial charge in [0.2, 0.25) is 5.91 Å². The number of methoxy groups -OCH3 is 3. The SMILES string of the molecule is CCN1C[C@]2(OC(=O)c3ccccc3NC(C)=O)CC[C@H](OC)C34C1C(C[C@@H]32)[C@@]1(O)C[C@H](OC)[C@@H]2C[C@@H]4[C@]1(O)[C@H]2OC. The summed E-state index contributed by atoms with van der Waals surface area (Å²) >= 11 is 0. The van der Waals surface area contributed by atoms with Crippen LogP contribution in [-0.4, -0.2) is 103 Å². The molecule has 12 atom stereocenters. The molecular weight excluding hydrogens is 540 g/mol. The first-order chi connectivity index (χ1) is 20.1. The number of nitrogens with zero attached hydrogens (tertiary/aromatic N) is 1. The molecule has 0 aromatic heterocycles. The van der Waals surface area contributed by atoms with Gasteiger partial charge in [0.05, 0.1) is 29.6 Å². The van der Waals surface area contributed by atoms with Gasteiger partial charge >= 0.3 is 5.97 Å². The van der Waals surface area contributed by atoms with Crippen molar-refractivity contribution in [2.24, 2.45) is 29.1 Å². The monoisotopic (exact) mass is 584 g/mol. The molecule has 3 unspecified atom stereocenters. The highest BCUT2D eigenvalue weighted by atomic mass is 16.6. The van der Waals surface area contributed by atoms with Gasteiger partial charge in [-0.15, -0.1) is 0 Å². The number of carbonyl (C=O) groups excluding carboxylic acids is 2. The second-order valence-electron chi connectivity index (χ2n) is 13.7. The highest BCUT2D eigenvalue weighted by Crippen LogP contribution is 2.79. The molecule has 5 saturated carbocycles. The fraction of sp³-hybridized carbons (Fsp3) is 0.750. The number of hydrogen-bond donors (Lipinski definition) is 3. The molecule has 1 aliphatic heterocycles. The number of nitrogens with one attached hydrogen (secondary N) is 1. The van der Waals surface area contributed by atoms with Gasteiger partial charge in [-0.25, -0.2) is 4.79 Å². The van der Waals surface area contributed by atoms with Crippen molar-refractivity contribution < 1.29 is 38.7 Å². The predicted molar refractivity (Wildman–Crippen MR) is 152 cm³/mol. The lowest BCUT2D eigenvalue weighted by Crippen LogP contribution is -2.83. The molecule has 1 aromatic carbocycles. The van der Waals surface area contributed by atoms with Gasteiger partial charge in [0.25, 0.3) is 0 Å². The van der Waals surface area contributed by atoms with Gasteiger partial charge in [0, 0.05) is 76.3 Å². The van der Waals surface area contributed by atoms with Crippen LogP contribution in [0.1, 0.15) is 56.3 Å². The van der Waals surface area contributed by atoms with E-state index in [1.807, 2.05) is 0 Å². The van der Waals surface area contributed by atoms with Crippen LogP contribution in [0.25, 0.3) is 0 Å². The van der Waals surface area contributed by atoms with E-state index in [0.29, 0.717) is 56.4 Å². The Morgan fingerprint density at radius 2 is 1.83 bits per heavy atom. The van der Waals surface area contributed by atoms with Crippen molar-refractivity contribution in [3.05, 3.63) is 29.8 Å². The van der Waals surface area contributed by atoms with Gasteiger partial charge < -0.3 is 34.5 Å². The Morgan fingerprint density at radius 1 is 1.07 bits per heavy atom. The van der Waals surface area contributed by atoms with E-state index < -0.39 is 34.3 Å². The number of likely N-dealkylation sites (tertiary alicyclic amines) is 1. The molecule has 230 valence electrons. The van der Waals surface area contributed by atoms with Crippen LogP contribution in [0.5, 0.6) is 0 Å². The van der Waals surface area contributed by atoms with Gasteiger partial charge in [-0.1, -0.05) is 19.1 Å². The van der Waals surface area contributed by atoms with Crippen LogP contribution in [0.3, 0.4) is 0 Å². The number of aliphatic hydroxyl groups is 2. The molecule has 1 aromatic rings. The first-order valence-electron chi connectivity index (χ1n) is 15.4. The first-order valence-corrected chi connectivity index (χ1v) is 15.4. The quantitative estimate of drug-likeness (QED) is 0.414. The lowest BCUT2D eigenvalue weighted by Gasteiger charge is -2.70. The van der Waals surface area contributed by atoms with E-state index >= 15 is 0 Å². The zero-order valence-corrected chi connectivity index (χ0v) is 25.2. The van der Waals surface area contributed by atoms with E-state index in [9.17, 15) is 19.8 Å². The van der Waals surface area contributed by atoms with Gasteiger partial charge in [-0.05, 0) is 44.4 Å². The van der Waals surface area contributed by atoms with Crippen molar-refractivity contribution in [2.45, 2.75) is 87.1 Å². The number of anilines is 1. The minimum absolute atomic E-state index is 0.0432. The van der Waals surface area contributed by atoms with E-state index in [-0.39, 0.29) is 47.8 Å². The average Bonchev–Trinajstić information content (AvgIpc) is 3.39. The molecule has 7 rings (SSSR count). The zero-order valence-electron chi connectivity index (χ0n) is 25.2. The molecule has 10 nitrogen and oxygen atoms in total. The van der Waals surface area contributed by atoms with Crippen molar-refractivity contribution in [3.63, 3.8) is 0 Å². The number of piperidine rings is 1. The van der Waals surface area contributed by atoms with E-state index in [2.05, 4.69) is 17.1 Å². The van der Waals surface area contributed by atoms with E-state index in [4.69, 9.17) is 18.9 Å². The Kier molecular flexibility index (Phi) is 6.46. The molecular formula is C32H44N2O8. The number of benzene rings is 1. The van der Waals surface area contributed by atoms with Gasteiger partial charge in [0.15, 0.2) is 0 Å². The fourth-order valence-electron chi connectivity index (χ4n) is 11.6. The van der Waals surface area contributed by atoms with Crippen LogP contribution in [0.2, 0.25) is 0 Å². The van der Waals surface area contributed by atoms with Gasteiger partial charge in [-0.3, -0.25) is 9.69 Å². The van der Waals surface area contributed by atoms with Crippen LogP contribution in [0.4, 0.5) is 5.69 Å². The number of hydrogen-bond acceptors (Lipinski definition) is 9. The summed E-state index contributed by atoms with van der Waals surface area (Å²) in [6.45, 7) is 4.79. The van der Waals surface area contributed by atoms with Crippen molar-refractivity contribution >= 4 is 17.6 Å². The van der Waals surface area contributed by atoms with Crippen LogP contribution in [0, 0.1) is 29.1 Å². The molecule has 10 heteroatoms. The molecule has 6 aliphatic rings. The average molecular weight is 585 g/mol. The number of likely N-dealkylation sites (N-methyl/N-ethyl adjacent to an activating group) is 1. The van der Waals surface area contributed by atoms with E-state index in [1.165, 1.54) is 6.92 Å². The molecule has 6 fully saturated rings. The van der Waals surface area contributed by atoms with Crippen molar-refractivity contribution in [2.75, 3.05) is 39.7 Å². The van der Waals surface area contributed by atoms with Crippen molar-refractivity contribution in [3.8, 4) is 0 Å². The van der Waals surface area contributed by atoms with E-state index in [0.717, 1.165) is 0 Å². The zero-order chi connectivity index (χ0) is 29.8. The smallest absolute Gasteiger partial charge is 0.340 e. The molecule has 1 saturated heterocycles. The molecule has 5 aliphatic carbocycles. The third kappa shape index (κ3) is 3.21. The predicted octanol–water partition coefficient (Wildman–Crippen LogP) is 2.22. The summed E-state index contributed by atoms with van der Waals surface area (Å²) in [7, 11) is 5.05. The third-order valence-corrected chi connectivity index (χ3v) is 12.6. The Hall–Kier alpha value is -2.08. The molecule has 0 radical (unpaired) electrons. The lowest BCUT2D eigenvalue weighted by molar-refractivity contribution is -0.337. The number of esters is 1. The summed E-state index contributed by atoms with van der Waals surface area (Å²) in [5.41, 5.74) is -3.57. The third-order valence-electron chi connectivity index (χ3n) is 12.6. The summed E-state index contributed by atoms with van der Waals surface area (Å²) in [6, 6.07) is 6.89. The summed E-state index contributed by atoms with van der Waals surface area (Å²) in [6.07, 6.45) is 1.91. The molecule has 3 N–H and O–H groups in total. The molecule has 1 amide bonds. The van der Waals surface area contributed by atoms with Crippen LogP contribution in [0.15, 0.2) is 24.3 Å². The highest BCUT2D eigenvalue weighted by Gasteiger charge is 2.89. The minimum atomic E-state index is -1.48. The summed E-state index contributed by atoms with van der Waals surface area (Å²) in [4.78, 5) is 28.3. The van der Waals surface area contributed by atoms with Crippen LogP contribution in [-0.2, 0) is 23.7 Å². The number of fused-ring (bicyclic) bond motifs is 2. The van der Waals surface area contributed by atoms with Gasteiger partial charge in [0.1, 0.15) is 16.8 Å². The lowest BCUT2D eigenvalue weighted by atomic mass is 9.44. The number of para-hydroxylation sites is 1. The summed E-state index contributed by atoms with van der Waals surface area (Å²) < 4.78 is 25.1. The summed E-state index contributed by atoms with van der Waals surface area (Å²) in [5.74, 6) is -1.54. The first kappa shape index (κ1) is 28.7. The minimum Gasteiger partial charge on any atom is -0.454 e. The number of carbonyl (C=O) groups is 2. The molecule has 7 bridgehead atoms. The molecule has 42 heavy (non-hydrogen) atoms. The highest BCUT2D eigenvalue weighted by molar-refractivity contribution is 6.00. The largest absolute Gasteiger partial charge is 0.454 e. The van der Waals surface area contributed by atoms with Crippen LogP contribution < -0.4 is 5.32 Å². The molecule has 1 spiro atoms. The second-order valence-corrected chi connectivity index (χ2v) is 13.7. The van der Waals surface area contributed by atoms with E-state index in [1.54, 1.807) is 45.6 Å². The second kappa shape index (κ2) is 9.46. The number of ether oxygens (including phenoxy) is 4. The Labute approximate surface area is 247 Å². The van der Waals surface area contributed by atoms with Crippen LogP contribution >= 0.6 is 0 Å². The van der Waals surface area contributed by atoms with Gasteiger partial charge in [-0.2, -0.15) is 0 Å². The van der Waals surface area contributed by atoms with Crippen molar-refractivity contribution in [1.82, 2.24) is 4.90 Å². The normalized spacial score (nSPS) is 48.2. The van der Waals surface area contributed by atoms with Crippen molar-refractivity contribution in [1.29, 1.82) is 0 Å². The standard InChI is InChI=1S/C32H44N2O8/c1-6-34-16-29(42-28(36)18-9-7-8-10-21(18)33-17(2)35)12-11-25(40-4)31-23(29)14-20(26(31)34)30(37)15-22(39-3)19-13-24(31)32(30,38)27(19)41-5/h7-10,19-20,22-27,37-38H,6,11-16H2,1-5H3,(H,33,35)/t19-,20?,22-,23+,24-,25-,26?,27-,29+,30-,31?,32-/m0/s1. The Balaban J connectivity index is 1.38. The number of rotatable bonds is 7. The Morgan fingerprint density at radius 3 is 2.50 bits per heavy atom. The maximum atomic E-state index is 14.0. The number of amides is 1. The maximum Gasteiger partial charge on any atom is 0.340 e.